The maximum atomic E-state index is 2.22. The van der Waals surface area contributed by atoms with Crippen LogP contribution in [0.15, 0.2) is 51.2 Å². The average Bonchev–Trinajstić information content (AvgIpc) is 3.02. The van der Waals surface area contributed by atoms with E-state index in [9.17, 15) is 0 Å². The van der Waals surface area contributed by atoms with Crippen LogP contribution in [0, 0.1) is 5.92 Å². The van der Waals surface area contributed by atoms with E-state index < -0.39 is 0 Å². The maximum absolute atomic E-state index is 2.22. The van der Waals surface area contributed by atoms with Crippen LogP contribution in [0.5, 0.6) is 0 Å². The molecule has 16 heavy (non-hydrogen) atoms. The van der Waals surface area contributed by atoms with Crippen molar-refractivity contribution in [3.05, 3.63) is 73.1 Å². The number of rotatable bonds is 3. The van der Waals surface area contributed by atoms with Gasteiger partial charge in [0.05, 0.1) is 5.92 Å². The Kier molecular flexibility index (Phi) is 2.91. The lowest BCUT2D eigenvalue weighted by molar-refractivity contribution is 1.31. The quantitative estimate of drug-likeness (QED) is 0.629. The Morgan fingerprint density at radius 1 is 0.812 bits per heavy atom. The first-order valence-electron chi connectivity index (χ1n) is 4.91. The van der Waals surface area contributed by atoms with Crippen LogP contribution in [0.25, 0.3) is 0 Å². The highest BCUT2D eigenvalue weighted by atomic mass is 32.1. The van der Waals surface area contributed by atoms with E-state index >= 15 is 0 Å². The van der Waals surface area contributed by atoms with Crippen LogP contribution in [0.4, 0.5) is 0 Å². The Balaban J connectivity index is 2.09. The molecule has 0 aliphatic carbocycles. The smallest absolute Gasteiger partial charge is 0.0747 e. The third kappa shape index (κ3) is 1.86. The molecule has 1 radical (unpaired) electrons. The van der Waals surface area contributed by atoms with Gasteiger partial charge in [-0.1, -0.05) is 6.07 Å². The van der Waals surface area contributed by atoms with Crippen molar-refractivity contribution in [3.63, 3.8) is 0 Å². The van der Waals surface area contributed by atoms with Gasteiger partial charge in [-0.15, -0.1) is 11.3 Å². The molecule has 0 amide bonds. The summed E-state index contributed by atoms with van der Waals surface area (Å²) in [7, 11) is 0. The summed E-state index contributed by atoms with van der Waals surface area (Å²) in [4.78, 5) is 1.34. The van der Waals surface area contributed by atoms with Gasteiger partial charge in [0.2, 0.25) is 0 Å². The SMILES string of the molecule is c1csc([C](c2ccsc2)c2ccsc2)c1. The molecule has 0 N–H and O–H groups in total. The van der Waals surface area contributed by atoms with Gasteiger partial charge in [0, 0.05) is 4.88 Å². The van der Waals surface area contributed by atoms with Gasteiger partial charge in [-0.25, -0.2) is 0 Å². The molecule has 3 heterocycles. The number of hydrogen-bond acceptors (Lipinski definition) is 3. The molecule has 0 unspecified atom stereocenters. The highest BCUT2D eigenvalue weighted by Crippen LogP contribution is 2.35. The Morgan fingerprint density at radius 2 is 1.50 bits per heavy atom. The van der Waals surface area contributed by atoms with E-state index in [0.717, 1.165) is 0 Å². The predicted octanol–water partition coefficient (Wildman–Crippen LogP) is 4.89. The van der Waals surface area contributed by atoms with E-state index in [0.29, 0.717) is 0 Å². The second-order valence-corrected chi connectivity index (χ2v) is 5.88. The molecule has 0 aliphatic rings. The molecule has 3 rings (SSSR count). The average molecular weight is 261 g/mol. The fourth-order valence-electron chi connectivity index (χ4n) is 1.69. The van der Waals surface area contributed by atoms with E-state index in [1.54, 1.807) is 34.0 Å². The number of hydrogen-bond donors (Lipinski definition) is 0. The third-order valence-corrected chi connectivity index (χ3v) is 4.64. The first-order chi connectivity index (χ1) is 7.95. The Hall–Kier alpha value is -0.900. The summed E-state index contributed by atoms with van der Waals surface area (Å²) >= 11 is 5.30. The molecule has 0 aliphatic heterocycles. The number of thiophene rings is 3. The van der Waals surface area contributed by atoms with Crippen molar-refractivity contribution in [2.75, 3.05) is 0 Å². The highest BCUT2D eigenvalue weighted by Gasteiger charge is 2.19. The summed E-state index contributed by atoms with van der Waals surface area (Å²) in [5.74, 6) is 1.36. The predicted molar refractivity (Wildman–Crippen MR) is 73.5 cm³/mol. The molecule has 0 fully saturated rings. The zero-order valence-electron chi connectivity index (χ0n) is 8.42. The van der Waals surface area contributed by atoms with Crippen LogP contribution in [-0.4, -0.2) is 0 Å². The van der Waals surface area contributed by atoms with Crippen molar-refractivity contribution >= 4 is 34.0 Å². The van der Waals surface area contributed by atoms with Crippen LogP contribution in [0.2, 0.25) is 0 Å². The van der Waals surface area contributed by atoms with Crippen LogP contribution in [0.3, 0.4) is 0 Å². The van der Waals surface area contributed by atoms with E-state index in [-0.39, 0.29) is 0 Å². The lowest BCUT2D eigenvalue weighted by atomic mass is 9.94. The first-order valence-corrected chi connectivity index (χ1v) is 7.67. The Bertz CT molecular complexity index is 436. The molecule has 79 valence electrons. The van der Waals surface area contributed by atoms with Gasteiger partial charge in [-0.05, 0) is 56.2 Å². The monoisotopic (exact) mass is 261 g/mol. The van der Waals surface area contributed by atoms with Gasteiger partial charge in [0.25, 0.3) is 0 Å². The van der Waals surface area contributed by atoms with Crippen LogP contribution < -0.4 is 0 Å². The summed E-state index contributed by atoms with van der Waals surface area (Å²) in [6.45, 7) is 0. The van der Waals surface area contributed by atoms with Crippen LogP contribution in [-0.2, 0) is 0 Å². The zero-order valence-corrected chi connectivity index (χ0v) is 10.9. The molecule has 0 nitrogen and oxygen atoms in total. The minimum Gasteiger partial charge on any atom is -0.152 e. The Labute approximate surface area is 107 Å². The molecule has 3 heteroatoms. The van der Waals surface area contributed by atoms with E-state index in [4.69, 9.17) is 0 Å². The van der Waals surface area contributed by atoms with Crippen molar-refractivity contribution in [3.8, 4) is 0 Å². The third-order valence-electron chi connectivity index (χ3n) is 2.39. The molecular weight excluding hydrogens is 252 g/mol. The van der Waals surface area contributed by atoms with Gasteiger partial charge >= 0.3 is 0 Å². The minimum atomic E-state index is 1.32. The van der Waals surface area contributed by atoms with Crippen molar-refractivity contribution in [1.82, 2.24) is 0 Å². The van der Waals surface area contributed by atoms with E-state index in [1.165, 1.54) is 21.9 Å². The van der Waals surface area contributed by atoms with Gasteiger partial charge < -0.3 is 0 Å². The van der Waals surface area contributed by atoms with Crippen molar-refractivity contribution in [1.29, 1.82) is 0 Å². The summed E-state index contributed by atoms with van der Waals surface area (Å²) in [5, 5.41) is 10.8. The van der Waals surface area contributed by atoms with Gasteiger partial charge in [-0.3, -0.25) is 0 Å². The standard InChI is InChI=1S/C13H9S3/c1-2-12(16-5-1)13(10-3-6-14-8-10)11-4-7-15-9-11/h1-9H. The van der Waals surface area contributed by atoms with Crippen LogP contribution in [0.1, 0.15) is 16.0 Å². The van der Waals surface area contributed by atoms with Gasteiger partial charge in [0.1, 0.15) is 0 Å². The second kappa shape index (κ2) is 4.53. The van der Waals surface area contributed by atoms with E-state index in [2.05, 4.69) is 51.2 Å². The zero-order chi connectivity index (χ0) is 10.8. The topological polar surface area (TPSA) is 0 Å². The molecule has 0 bridgehead atoms. The molecule has 0 aromatic carbocycles. The van der Waals surface area contributed by atoms with E-state index in [1.807, 2.05) is 0 Å². The highest BCUT2D eigenvalue weighted by molar-refractivity contribution is 7.10. The molecule has 3 aromatic rings. The molecule has 0 saturated carbocycles. The molecule has 3 aromatic heterocycles. The molecular formula is C13H9S3. The fourth-order valence-corrected chi connectivity index (χ4v) is 3.79. The molecule has 0 saturated heterocycles. The van der Waals surface area contributed by atoms with Crippen molar-refractivity contribution in [2.45, 2.75) is 0 Å². The lowest BCUT2D eigenvalue weighted by Crippen LogP contribution is -1.98. The van der Waals surface area contributed by atoms with Crippen LogP contribution >= 0.6 is 34.0 Å². The Morgan fingerprint density at radius 3 is 1.94 bits per heavy atom. The molecule has 0 atom stereocenters. The lowest BCUT2D eigenvalue weighted by Gasteiger charge is -2.11. The first kappa shape index (κ1) is 10.3. The maximum Gasteiger partial charge on any atom is 0.0747 e. The summed E-state index contributed by atoms with van der Waals surface area (Å²) in [6, 6.07) is 8.68. The van der Waals surface area contributed by atoms with Gasteiger partial charge in [0.15, 0.2) is 0 Å². The second-order valence-electron chi connectivity index (χ2n) is 3.38. The largest absolute Gasteiger partial charge is 0.152 e. The fraction of sp³-hybridized carbons (Fsp3) is 0. The normalized spacial score (nSPS) is 11.1. The van der Waals surface area contributed by atoms with Crippen molar-refractivity contribution in [2.24, 2.45) is 0 Å². The van der Waals surface area contributed by atoms with Crippen molar-refractivity contribution < 1.29 is 0 Å². The minimum absolute atomic E-state index is 1.32. The molecule has 0 spiro atoms. The summed E-state index contributed by atoms with van der Waals surface area (Å²) < 4.78 is 0. The summed E-state index contributed by atoms with van der Waals surface area (Å²) in [5.41, 5.74) is 2.65. The van der Waals surface area contributed by atoms with Gasteiger partial charge in [-0.2, -0.15) is 22.7 Å². The summed E-state index contributed by atoms with van der Waals surface area (Å²) in [6.07, 6.45) is 0.